The molecule has 2 aromatic heterocycles. The van der Waals surface area contributed by atoms with Gasteiger partial charge in [-0.05, 0) is 110 Å². The maximum Gasteiger partial charge on any atom is 0.147 e. The Morgan fingerprint density at radius 1 is 0.463 bits per heavy atom. The number of fused-ring (bicyclic) bond motifs is 6. The third-order valence-corrected chi connectivity index (χ3v) is 18.4. The summed E-state index contributed by atoms with van der Waals surface area (Å²) >= 11 is 0. The number of aromatic nitrogens is 2. The van der Waals surface area contributed by atoms with Gasteiger partial charge < -0.3 is 42.8 Å². The van der Waals surface area contributed by atoms with Crippen LogP contribution >= 0.6 is 0 Å². The molecule has 1 fully saturated rings. The largest absolute Gasteiger partial charge is 0.505 e. The first kappa shape index (κ1) is 61.7. The Kier molecular flexibility index (Phi) is 21.6. The van der Waals surface area contributed by atoms with Crippen LogP contribution in [0.1, 0.15) is 108 Å². The van der Waals surface area contributed by atoms with E-state index in [1.807, 2.05) is 48.5 Å². The minimum Gasteiger partial charge on any atom is -0.505 e. The molecule has 10 aromatic rings. The van der Waals surface area contributed by atoms with Crippen molar-refractivity contribution in [1.82, 2.24) is 9.13 Å². The average molecular weight is 1270 g/mol. The topological polar surface area (TPSA) is 68.8 Å². The fourth-order valence-corrected chi connectivity index (χ4v) is 13.7. The van der Waals surface area contributed by atoms with Crippen LogP contribution in [0.15, 0.2) is 170 Å². The number of ether oxygens (including phenoxy) is 2. The molecule has 0 radical (unpaired) electrons. The van der Waals surface area contributed by atoms with Gasteiger partial charge in [0.05, 0.1) is 46.7 Å². The van der Waals surface area contributed by atoms with Crippen LogP contribution in [0.5, 0.6) is 23.0 Å². The second kappa shape index (κ2) is 28.8. The second-order valence-electron chi connectivity index (χ2n) is 23.6. The van der Waals surface area contributed by atoms with Gasteiger partial charge in [0.15, 0.2) is 0 Å². The van der Waals surface area contributed by atoms with Gasteiger partial charge in [-0.25, -0.2) is 0 Å². The Morgan fingerprint density at radius 2 is 0.793 bits per heavy atom. The van der Waals surface area contributed by atoms with Crippen molar-refractivity contribution in [2.75, 3.05) is 13.2 Å². The van der Waals surface area contributed by atoms with Crippen molar-refractivity contribution in [1.29, 1.82) is 0 Å². The van der Waals surface area contributed by atoms with E-state index in [0.717, 1.165) is 126 Å². The van der Waals surface area contributed by atoms with E-state index in [-0.39, 0.29) is 56.6 Å². The number of rotatable bonds is 21. The molecular formula is C74H86HfN2O4Si-2. The third-order valence-electron chi connectivity index (χ3n) is 16.6. The van der Waals surface area contributed by atoms with E-state index in [4.69, 9.17) is 9.47 Å². The molecule has 1 saturated carbocycles. The first-order valence-corrected chi connectivity index (χ1v) is 33.3. The van der Waals surface area contributed by atoms with Gasteiger partial charge >= 0.3 is 0 Å². The predicted octanol–water partition coefficient (Wildman–Crippen LogP) is 20.9. The smallest absolute Gasteiger partial charge is 0.147 e. The summed E-state index contributed by atoms with van der Waals surface area (Å²) in [5, 5.41) is 29.0. The van der Waals surface area contributed by atoms with Gasteiger partial charge in [0, 0.05) is 69.6 Å². The van der Waals surface area contributed by atoms with Crippen molar-refractivity contribution in [3.8, 4) is 56.6 Å². The number of benzene rings is 8. The van der Waals surface area contributed by atoms with Crippen molar-refractivity contribution in [3.63, 3.8) is 0 Å². The number of hydrogen-bond donors (Lipinski definition) is 2. The number of aromatic hydroxyl groups is 2. The molecule has 1 aliphatic carbocycles. The molecule has 2 N–H and O–H groups in total. The number of nitrogens with zero attached hydrogens (tertiary/aromatic N) is 2. The molecule has 2 atom stereocenters. The van der Waals surface area contributed by atoms with Gasteiger partial charge in [-0.2, -0.15) is 0 Å². The number of phenolic OH excluding ortho intramolecular Hbond substituents is 2. The van der Waals surface area contributed by atoms with Gasteiger partial charge in [0.25, 0.3) is 0 Å². The van der Waals surface area contributed by atoms with Crippen molar-refractivity contribution in [2.24, 2.45) is 11.8 Å². The molecule has 0 spiro atoms. The Balaban J connectivity index is 0.000000429. The van der Waals surface area contributed by atoms with E-state index in [1.54, 1.807) is 0 Å². The molecule has 8 aromatic carbocycles. The van der Waals surface area contributed by atoms with Crippen molar-refractivity contribution in [2.45, 2.75) is 130 Å². The summed E-state index contributed by atoms with van der Waals surface area (Å²) in [6.45, 7) is 16.6. The number of hydrogen-bond acceptors (Lipinski definition) is 4. The molecule has 2 heterocycles. The predicted molar refractivity (Wildman–Crippen MR) is 348 cm³/mol. The van der Waals surface area contributed by atoms with Crippen molar-refractivity contribution < 1.29 is 45.5 Å². The van der Waals surface area contributed by atoms with Crippen LogP contribution in [0.25, 0.3) is 77.2 Å². The minimum absolute atomic E-state index is 0. The first-order chi connectivity index (χ1) is 39.0. The molecule has 0 aliphatic heterocycles. The molecule has 1 aliphatic rings. The number of aryl methyl sites for hydroxylation is 2. The fourth-order valence-electron chi connectivity index (χ4n) is 12.5. The molecular weight excluding hydrogens is 1190 g/mol. The van der Waals surface area contributed by atoms with Gasteiger partial charge in [-0.15, -0.1) is 8.07 Å². The Hall–Kier alpha value is -6.35. The zero-order valence-electron chi connectivity index (χ0n) is 49.7. The molecule has 0 saturated heterocycles. The summed E-state index contributed by atoms with van der Waals surface area (Å²) in [6, 6.07) is 59.3. The maximum absolute atomic E-state index is 12.2. The zero-order chi connectivity index (χ0) is 55.6. The molecule has 0 amide bonds. The van der Waals surface area contributed by atoms with Crippen molar-refractivity contribution >= 4 is 51.7 Å². The fraction of sp³-hybridized carbons (Fsp3) is 0.324. The SMILES string of the molecule is Cc1cc(-c2ccccc2OC[C@@H]2CCCC[C@H]2COc2ccccc2-c2cc(C)cc(-n3c4ccccc4c4ccccc43)c2O)c(O)c(-n2c3ccccc3c3ccccc32)c1.[CH2-][Si](C)(C)CCCCCCCCCCCC.[CH3-].[Hf]. The van der Waals surface area contributed by atoms with Gasteiger partial charge in [-0.3, -0.25) is 0 Å². The van der Waals surface area contributed by atoms with Crippen LogP contribution in [-0.4, -0.2) is 40.6 Å². The van der Waals surface area contributed by atoms with Gasteiger partial charge in [-0.1, -0.05) is 212 Å². The normalized spacial score (nSPS) is 14.3. The quantitative estimate of drug-likeness (QED) is 0.0427. The molecule has 11 rings (SSSR count). The summed E-state index contributed by atoms with van der Waals surface area (Å²) in [6.07, 6.45) is 18.8. The molecule has 8 heteroatoms. The standard InChI is InChI=1S/C58H50N2O4.C15H33Si.CH3.Hf/c1-37-31-47(57(61)53(33-37)59-49-25-11-5-19-41(49)42-20-6-12-26-50(42)59)45-23-9-15-29-55(45)63-35-39-17-3-4-18-40(39)36-64-56-30-16-10-24-46(56)48-32-38(2)34-54(58(48)62)60-51-27-13-7-21-43(51)44-22-8-14-28-52(44)60;1-5-6-7-8-9-10-11-12-13-14-15-16(2,3)4;;/h5-16,19-34,39-40,61-62H,3-4,17-18,35-36H2,1-2H3;2,5-15H2,1,3-4H3;1H3;/q;2*-1;/t39-,40-;;;/m0.../s1. The summed E-state index contributed by atoms with van der Waals surface area (Å²) in [5.41, 5.74) is 11.0. The van der Waals surface area contributed by atoms with E-state index < -0.39 is 8.07 Å². The van der Waals surface area contributed by atoms with Crippen LogP contribution < -0.4 is 9.47 Å². The van der Waals surface area contributed by atoms with Crippen LogP contribution in [-0.2, 0) is 25.8 Å². The monoisotopic (exact) mass is 1270 g/mol. The molecule has 426 valence electrons. The number of para-hydroxylation sites is 6. The number of phenols is 2. The minimum atomic E-state index is -0.998. The molecule has 0 bridgehead atoms. The summed E-state index contributed by atoms with van der Waals surface area (Å²) in [5.74, 6) is 2.50. The van der Waals surface area contributed by atoms with E-state index >= 15 is 0 Å². The van der Waals surface area contributed by atoms with Crippen LogP contribution in [0.3, 0.4) is 0 Å². The van der Waals surface area contributed by atoms with E-state index in [1.165, 1.54) is 70.3 Å². The summed E-state index contributed by atoms with van der Waals surface area (Å²) < 4.78 is 18.0. The zero-order valence-corrected chi connectivity index (χ0v) is 54.2. The average Bonchev–Trinajstić information content (AvgIpc) is 4.21. The Bertz CT molecular complexity index is 3370. The van der Waals surface area contributed by atoms with E-state index in [9.17, 15) is 10.2 Å². The summed E-state index contributed by atoms with van der Waals surface area (Å²) in [7, 11) is -0.998. The molecule has 0 unspecified atom stereocenters. The maximum atomic E-state index is 12.2. The number of unbranched alkanes of at least 4 members (excludes halogenated alkanes) is 9. The van der Waals surface area contributed by atoms with E-state index in [2.05, 4.69) is 171 Å². The first-order valence-electron chi connectivity index (χ1n) is 29.9. The Morgan fingerprint density at radius 3 is 1.16 bits per heavy atom. The second-order valence-corrected chi connectivity index (χ2v) is 28.4. The van der Waals surface area contributed by atoms with Crippen LogP contribution in [0, 0.1) is 39.7 Å². The molecule has 82 heavy (non-hydrogen) atoms. The third kappa shape index (κ3) is 14.2. The van der Waals surface area contributed by atoms with Gasteiger partial charge in [0.2, 0.25) is 0 Å². The summed E-state index contributed by atoms with van der Waals surface area (Å²) in [4.78, 5) is 0. The van der Waals surface area contributed by atoms with Crippen LogP contribution in [0.4, 0.5) is 0 Å². The van der Waals surface area contributed by atoms with Crippen molar-refractivity contribution in [3.05, 3.63) is 195 Å². The van der Waals surface area contributed by atoms with Gasteiger partial charge in [0.1, 0.15) is 23.0 Å². The van der Waals surface area contributed by atoms with E-state index in [0.29, 0.717) is 13.2 Å². The Labute approximate surface area is 509 Å². The van der Waals surface area contributed by atoms with Crippen LogP contribution in [0.2, 0.25) is 19.1 Å². The molecule has 6 nitrogen and oxygen atoms in total.